The molecule has 0 fully saturated rings. The van der Waals surface area contributed by atoms with E-state index in [-0.39, 0.29) is 11.9 Å². The summed E-state index contributed by atoms with van der Waals surface area (Å²) in [7, 11) is 0. The molecule has 0 radical (unpaired) electrons. The third-order valence-electron chi connectivity index (χ3n) is 4.37. The van der Waals surface area contributed by atoms with Crippen LogP contribution in [0.1, 0.15) is 24.4 Å². The fourth-order valence-corrected chi connectivity index (χ4v) is 4.29. The highest BCUT2D eigenvalue weighted by Crippen LogP contribution is 2.37. The second kappa shape index (κ2) is 7.62. The second-order valence-electron chi connectivity index (χ2n) is 6.11. The number of amides is 1. The summed E-state index contributed by atoms with van der Waals surface area (Å²) in [6, 6.07) is 16.9. The average molecular weight is 400 g/mol. The van der Waals surface area contributed by atoms with Gasteiger partial charge in [0.15, 0.2) is 5.82 Å². The van der Waals surface area contributed by atoms with E-state index in [1.165, 1.54) is 11.8 Å². The van der Waals surface area contributed by atoms with Gasteiger partial charge in [-0.2, -0.15) is 0 Å². The third-order valence-corrected chi connectivity index (χ3v) is 5.91. The Hall–Kier alpha value is -2.51. The molecule has 27 heavy (non-hydrogen) atoms. The summed E-state index contributed by atoms with van der Waals surface area (Å²) < 4.78 is 1.88. The van der Waals surface area contributed by atoms with Crippen molar-refractivity contribution in [2.24, 2.45) is 0 Å². The highest BCUT2D eigenvalue weighted by molar-refractivity contribution is 8.00. The summed E-state index contributed by atoms with van der Waals surface area (Å²) in [5, 5.41) is 12.1. The van der Waals surface area contributed by atoms with Crippen molar-refractivity contribution in [3.8, 4) is 0 Å². The number of fused-ring (bicyclic) bond motifs is 1. The molecular weight excluding hydrogens is 382 g/mol. The minimum Gasteiger partial charge on any atom is -0.324 e. The number of hydrogen-bond acceptors (Lipinski definition) is 5. The Morgan fingerprint density at radius 3 is 2.67 bits per heavy atom. The summed E-state index contributed by atoms with van der Waals surface area (Å²) in [4.78, 5) is 13.1. The lowest BCUT2D eigenvalue weighted by Gasteiger charge is -2.33. The largest absolute Gasteiger partial charge is 0.324 e. The van der Waals surface area contributed by atoms with Gasteiger partial charge in [-0.25, -0.2) is 4.68 Å². The normalized spacial score (nSPS) is 18.4. The van der Waals surface area contributed by atoms with E-state index in [0.717, 1.165) is 17.8 Å². The Bertz CT molecular complexity index is 962. The maximum Gasteiger partial charge on any atom is 0.240 e. The van der Waals surface area contributed by atoms with Crippen LogP contribution in [0.2, 0.25) is 5.02 Å². The molecule has 0 bridgehead atoms. The average Bonchev–Trinajstić information content (AvgIpc) is 3.11. The maximum absolute atomic E-state index is 13.1. The van der Waals surface area contributed by atoms with Crippen molar-refractivity contribution in [2.45, 2.75) is 29.8 Å². The number of benzene rings is 2. The standard InChI is InChI=1S/C19H18ClN5OS/c1-2-15-22-23-19-25(15)24-16(12-8-4-3-5-9-12)17(27-19)18(26)21-14-11-7-6-10-13(14)20/h3-11,16-17,24H,2H2,1H3,(H,21,26)/t16-,17-/m0/s1. The molecule has 0 saturated carbocycles. The molecule has 0 unspecified atom stereocenters. The van der Waals surface area contributed by atoms with E-state index >= 15 is 0 Å². The monoisotopic (exact) mass is 399 g/mol. The van der Waals surface area contributed by atoms with E-state index in [9.17, 15) is 4.79 Å². The molecule has 3 aromatic rings. The Balaban J connectivity index is 1.68. The van der Waals surface area contributed by atoms with Crippen LogP contribution in [-0.2, 0) is 11.2 Å². The van der Waals surface area contributed by atoms with Crippen LogP contribution in [0.5, 0.6) is 0 Å². The van der Waals surface area contributed by atoms with E-state index in [1.54, 1.807) is 12.1 Å². The van der Waals surface area contributed by atoms with Crippen molar-refractivity contribution in [1.29, 1.82) is 0 Å². The summed E-state index contributed by atoms with van der Waals surface area (Å²) >= 11 is 7.60. The number of anilines is 1. The number of halogens is 1. The van der Waals surface area contributed by atoms with Crippen molar-refractivity contribution in [2.75, 3.05) is 10.7 Å². The van der Waals surface area contributed by atoms with Crippen LogP contribution in [0.4, 0.5) is 5.69 Å². The zero-order valence-corrected chi connectivity index (χ0v) is 16.2. The first-order chi connectivity index (χ1) is 13.2. The van der Waals surface area contributed by atoms with Gasteiger partial charge in [0.2, 0.25) is 11.1 Å². The van der Waals surface area contributed by atoms with Crippen LogP contribution < -0.4 is 10.7 Å². The molecule has 0 aliphatic carbocycles. The minimum atomic E-state index is -0.426. The van der Waals surface area contributed by atoms with Crippen LogP contribution in [0.25, 0.3) is 0 Å². The molecule has 8 heteroatoms. The molecule has 1 aromatic heterocycles. The van der Waals surface area contributed by atoms with Gasteiger partial charge in [-0.3, -0.25) is 4.79 Å². The number of nitrogens with zero attached hydrogens (tertiary/aromatic N) is 3. The Kier molecular flexibility index (Phi) is 5.05. The lowest BCUT2D eigenvalue weighted by Crippen LogP contribution is -2.41. The van der Waals surface area contributed by atoms with E-state index in [4.69, 9.17) is 11.6 Å². The van der Waals surface area contributed by atoms with Gasteiger partial charge in [-0.15, -0.1) is 10.2 Å². The van der Waals surface area contributed by atoms with Gasteiger partial charge in [-0.1, -0.05) is 72.8 Å². The minimum absolute atomic E-state index is 0.137. The molecule has 0 saturated heterocycles. The predicted molar refractivity (Wildman–Crippen MR) is 108 cm³/mol. The Labute approximate surface area is 166 Å². The molecule has 1 amide bonds. The highest BCUT2D eigenvalue weighted by atomic mass is 35.5. The number of para-hydroxylation sites is 1. The number of carbonyl (C=O) groups excluding carboxylic acids is 1. The fraction of sp³-hybridized carbons (Fsp3) is 0.211. The van der Waals surface area contributed by atoms with Gasteiger partial charge >= 0.3 is 0 Å². The molecule has 1 aliphatic rings. The van der Waals surface area contributed by atoms with E-state index in [2.05, 4.69) is 20.9 Å². The van der Waals surface area contributed by atoms with Crippen molar-refractivity contribution < 1.29 is 4.79 Å². The SMILES string of the molecule is CCc1nnc2n1N[C@@H](c1ccccc1)[C@@H](C(=O)Nc1ccccc1Cl)S2. The van der Waals surface area contributed by atoms with Crippen molar-refractivity contribution >= 4 is 35.0 Å². The second-order valence-corrected chi connectivity index (χ2v) is 7.63. The van der Waals surface area contributed by atoms with Gasteiger partial charge in [0.1, 0.15) is 5.25 Å². The quantitative estimate of drug-likeness (QED) is 0.696. The van der Waals surface area contributed by atoms with E-state index < -0.39 is 5.25 Å². The molecule has 138 valence electrons. The fourth-order valence-electron chi connectivity index (χ4n) is 3.00. The molecule has 6 nitrogen and oxygen atoms in total. The topological polar surface area (TPSA) is 71.8 Å². The summed E-state index contributed by atoms with van der Waals surface area (Å²) in [6.45, 7) is 2.03. The number of aryl methyl sites for hydroxylation is 1. The predicted octanol–water partition coefficient (Wildman–Crippen LogP) is 3.89. The van der Waals surface area contributed by atoms with Gasteiger partial charge in [0.05, 0.1) is 16.8 Å². The molecule has 2 N–H and O–H groups in total. The first-order valence-corrected chi connectivity index (χ1v) is 9.91. The molecule has 1 aliphatic heterocycles. The summed E-state index contributed by atoms with van der Waals surface area (Å²) in [5.41, 5.74) is 5.04. The first-order valence-electron chi connectivity index (χ1n) is 8.65. The third kappa shape index (κ3) is 3.52. The zero-order chi connectivity index (χ0) is 18.8. The van der Waals surface area contributed by atoms with Gasteiger partial charge < -0.3 is 10.7 Å². The highest BCUT2D eigenvalue weighted by Gasteiger charge is 2.37. The molecule has 2 aromatic carbocycles. The van der Waals surface area contributed by atoms with E-state index in [0.29, 0.717) is 15.9 Å². The van der Waals surface area contributed by atoms with Crippen LogP contribution in [0, 0.1) is 0 Å². The Morgan fingerprint density at radius 1 is 1.19 bits per heavy atom. The number of carbonyl (C=O) groups is 1. The number of aromatic nitrogens is 3. The molecule has 0 spiro atoms. The lowest BCUT2D eigenvalue weighted by molar-refractivity contribution is -0.116. The van der Waals surface area contributed by atoms with Crippen molar-refractivity contribution in [3.63, 3.8) is 0 Å². The number of thioether (sulfide) groups is 1. The van der Waals surface area contributed by atoms with Gasteiger partial charge in [0.25, 0.3) is 0 Å². The lowest BCUT2D eigenvalue weighted by atomic mass is 10.0. The molecule has 2 heterocycles. The molecule has 2 atom stereocenters. The Morgan fingerprint density at radius 2 is 1.93 bits per heavy atom. The number of rotatable bonds is 4. The van der Waals surface area contributed by atoms with Gasteiger partial charge in [-0.05, 0) is 17.7 Å². The van der Waals surface area contributed by atoms with Crippen molar-refractivity contribution in [3.05, 3.63) is 71.0 Å². The maximum atomic E-state index is 13.1. The smallest absolute Gasteiger partial charge is 0.240 e. The zero-order valence-electron chi connectivity index (χ0n) is 14.6. The van der Waals surface area contributed by atoms with Crippen LogP contribution in [0.3, 0.4) is 0 Å². The van der Waals surface area contributed by atoms with Crippen molar-refractivity contribution in [1.82, 2.24) is 14.9 Å². The molecule has 4 rings (SSSR count). The summed E-state index contributed by atoms with van der Waals surface area (Å²) in [5.74, 6) is 0.699. The first kappa shape index (κ1) is 17.9. The van der Waals surface area contributed by atoms with Crippen LogP contribution >= 0.6 is 23.4 Å². The van der Waals surface area contributed by atoms with E-state index in [1.807, 2.05) is 54.1 Å². The number of nitrogens with one attached hydrogen (secondary N) is 2. The molecular formula is C19H18ClN5OS. The number of hydrogen-bond donors (Lipinski definition) is 2. The van der Waals surface area contributed by atoms with Crippen LogP contribution in [-0.4, -0.2) is 26.0 Å². The summed E-state index contributed by atoms with van der Waals surface area (Å²) in [6.07, 6.45) is 0.749. The van der Waals surface area contributed by atoms with Gasteiger partial charge in [0, 0.05) is 6.42 Å². The van der Waals surface area contributed by atoms with Crippen LogP contribution in [0.15, 0.2) is 59.8 Å².